The molecule has 5 nitrogen and oxygen atoms in total. The van der Waals surface area contributed by atoms with Crippen LogP contribution in [-0.2, 0) is 9.53 Å². The number of ether oxygens (including phenoxy) is 1. The highest BCUT2D eigenvalue weighted by Gasteiger charge is 2.42. The maximum atomic E-state index is 12.5. The van der Waals surface area contributed by atoms with Gasteiger partial charge in [0.25, 0.3) is 0 Å². The largest absolute Gasteiger partial charge is 0.467 e. The number of hydrogen-bond acceptors (Lipinski definition) is 3. The van der Waals surface area contributed by atoms with Crippen molar-refractivity contribution in [1.82, 2.24) is 9.80 Å². The number of rotatable bonds is 4. The van der Waals surface area contributed by atoms with Gasteiger partial charge in [0.2, 0.25) is 0 Å². The van der Waals surface area contributed by atoms with Gasteiger partial charge in [0.05, 0.1) is 7.11 Å². The first kappa shape index (κ1) is 14.2. The second kappa shape index (κ2) is 5.80. The van der Waals surface area contributed by atoms with Crippen molar-refractivity contribution in [1.29, 1.82) is 0 Å². The van der Waals surface area contributed by atoms with E-state index in [-0.39, 0.29) is 17.9 Å². The molecule has 1 aliphatic carbocycles. The summed E-state index contributed by atoms with van der Waals surface area (Å²) in [7, 11) is 1.38. The van der Waals surface area contributed by atoms with Crippen LogP contribution in [0, 0.1) is 5.92 Å². The number of methoxy groups -OCH3 is 1. The fraction of sp³-hybridized carbons (Fsp3) is 0.857. The molecule has 2 aliphatic rings. The van der Waals surface area contributed by atoms with Gasteiger partial charge in [-0.05, 0) is 18.8 Å². The molecule has 108 valence electrons. The van der Waals surface area contributed by atoms with Crippen molar-refractivity contribution in [3.63, 3.8) is 0 Å². The van der Waals surface area contributed by atoms with E-state index in [1.54, 1.807) is 4.90 Å². The van der Waals surface area contributed by atoms with Crippen LogP contribution in [0.3, 0.4) is 0 Å². The Hall–Kier alpha value is -1.26. The van der Waals surface area contributed by atoms with E-state index in [4.69, 9.17) is 4.74 Å². The molecule has 0 bridgehead atoms. The van der Waals surface area contributed by atoms with Gasteiger partial charge in [-0.15, -0.1) is 0 Å². The minimum absolute atomic E-state index is 0.0102. The van der Waals surface area contributed by atoms with E-state index in [9.17, 15) is 9.59 Å². The van der Waals surface area contributed by atoms with Crippen molar-refractivity contribution >= 4 is 12.0 Å². The molecule has 0 unspecified atom stereocenters. The summed E-state index contributed by atoms with van der Waals surface area (Å²) in [5.41, 5.74) is 0. The number of urea groups is 1. The molecule has 2 rings (SSSR count). The lowest BCUT2D eigenvalue weighted by atomic mass is 10.0. The zero-order valence-corrected chi connectivity index (χ0v) is 12.1. The summed E-state index contributed by atoms with van der Waals surface area (Å²) in [6, 6.07) is -0.0668. The monoisotopic (exact) mass is 268 g/mol. The molecule has 2 amide bonds. The van der Waals surface area contributed by atoms with Gasteiger partial charge in [0.15, 0.2) is 0 Å². The van der Waals surface area contributed by atoms with E-state index >= 15 is 0 Å². The van der Waals surface area contributed by atoms with E-state index in [2.05, 4.69) is 0 Å². The first-order valence-corrected chi connectivity index (χ1v) is 7.21. The lowest BCUT2D eigenvalue weighted by molar-refractivity contribution is -0.147. The van der Waals surface area contributed by atoms with Gasteiger partial charge >= 0.3 is 12.0 Å². The molecule has 2 fully saturated rings. The summed E-state index contributed by atoms with van der Waals surface area (Å²) in [5, 5.41) is 0. The molecule has 0 radical (unpaired) electrons. The Balaban J connectivity index is 2.08. The lowest BCUT2D eigenvalue weighted by Crippen LogP contribution is -2.48. The highest BCUT2D eigenvalue weighted by atomic mass is 16.5. The number of carbonyl (C=O) groups is 2. The molecule has 1 saturated carbocycles. The summed E-state index contributed by atoms with van der Waals surface area (Å²) in [6.07, 6.45) is 4.62. The smallest absolute Gasteiger partial charge is 0.328 e. The number of carbonyl (C=O) groups excluding carboxylic acids is 2. The number of amides is 2. The number of nitrogens with zero attached hydrogens (tertiary/aromatic N) is 2. The third-order valence-corrected chi connectivity index (χ3v) is 4.25. The van der Waals surface area contributed by atoms with Gasteiger partial charge in [0, 0.05) is 19.1 Å². The molecule has 5 heteroatoms. The molecule has 19 heavy (non-hydrogen) atoms. The third kappa shape index (κ3) is 2.69. The third-order valence-electron chi connectivity index (χ3n) is 4.25. The van der Waals surface area contributed by atoms with Crippen LogP contribution in [-0.4, -0.2) is 54.1 Å². The summed E-state index contributed by atoms with van der Waals surface area (Å²) in [4.78, 5) is 28.0. The standard InChI is InChI=1S/C14H24N2O3/c1-10(2)12(13(17)19-3)16-9-8-15(14(16)18)11-6-4-5-7-11/h10-12H,4-9H2,1-3H3/t12-/m0/s1. The van der Waals surface area contributed by atoms with Gasteiger partial charge in [-0.3, -0.25) is 0 Å². The summed E-state index contributed by atoms with van der Waals surface area (Å²) < 4.78 is 4.84. The normalized spacial score (nSPS) is 22.4. The zero-order valence-electron chi connectivity index (χ0n) is 12.1. The summed E-state index contributed by atoms with van der Waals surface area (Å²) in [5.74, 6) is -0.239. The van der Waals surface area contributed by atoms with Crippen LogP contribution in [0.15, 0.2) is 0 Å². The predicted octanol–water partition coefficient (Wildman–Crippen LogP) is 1.86. The molecule has 0 aromatic carbocycles. The zero-order chi connectivity index (χ0) is 14.0. The topological polar surface area (TPSA) is 49.9 Å². The molecule has 0 N–H and O–H groups in total. The average molecular weight is 268 g/mol. The number of hydrogen-bond donors (Lipinski definition) is 0. The van der Waals surface area contributed by atoms with Gasteiger partial charge in [0.1, 0.15) is 6.04 Å². The van der Waals surface area contributed by atoms with Crippen molar-refractivity contribution in [2.24, 2.45) is 5.92 Å². The molecular formula is C14H24N2O3. The van der Waals surface area contributed by atoms with Crippen molar-refractivity contribution in [2.45, 2.75) is 51.6 Å². The van der Waals surface area contributed by atoms with Crippen LogP contribution in [0.25, 0.3) is 0 Å². The van der Waals surface area contributed by atoms with Crippen LogP contribution >= 0.6 is 0 Å². The van der Waals surface area contributed by atoms with Gasteiger partial charge < -0.3 is 14.5 Å². The highest BCUT2D eigenvalue weighted by Crippen LogP contribution is 2.28. The van der Waals surface area contributed by atoms with Gasteiger partial charge in [-0.2, -0.15) is 0 Å². The van der Waals surface area contributed by atoms with E-state index in [0.717, 1.165) is 19.4 Å². The Kier molecular flexibility index (Phi) is 4.32. The molecule has 1 heterocycles. The maximum Gasteiger partial charge on any atom is 0.328 e. The minimum Gasteiger partial charge on any atom is -0.467 e. The number of esters is 1. The molecule has 1 aliphatic heterocycles. The Morgan fingerprint density at radius 3 is 2.42 bits per heavy atom. The second-order valence-electron chi connectivity index (χ2n) is 5.82. The molecule has 0 spiro atoms. The molecular weight excluding hydrogens is 244 g/mol. The Morgan fingerprint density at radius 2 is 1.89 bits per heavy atom. The van der Waals surface area contributed by atoms with Crippen LogP contribution in [0.5, 0.6) is 0 Å². The Bertz CT molecular complexity index is 351. The Morgan fingerprint density at radius 1 is 1.26 bits per heavy atom. The van der Waals surface area contributed by atoms with Crippen molar-refractivity contribution < 1.29 is 14.3 Å². The maximum absolute atomic E-state index is 12.5. The van der Waals surface area contributed by atoms with Crippen molar-refractivity contribution in [3.8, 4) is 0 Å². The minimum atomic E-state index is -0.455. The first-order chi connectivity index (χ1) is 9.06. The molecule has 0 aromatic heterocycles. The van der Waals surface area contributed by atoms with Crippen molar-refractivity contribution in [3.05, 3.63) is 0 Å². The van der Waals surface area contributed by atoms with E-state index in [0.29, 0.717) is 12.6 Å². The SMILES string of the molecule is COC(=O)[C@H](C(C)C)N1CCN(C2CCCC2)C1=O. The van der Waals surface area contributed by atoms with Crippen LogP contribution < -0.4 is 0 Å². The summed E-state index contributed by atoms with van der Waals surface area (Å²) in [6.45, 7) is 5.27. The molecule has 1 atom stereocenters. The van der Waals surface area contributed by atoms with Crippen LogP contribution in [0.2, 0.25) is 0 Å². The lowest BCUT2D eigenvalue weighted by Gasteiger charge is -2.30. The van der Waals surface area contributed by atoms with E-state index in [1.807, 2.05) is 18.7 Å². The second-order valence-corrected chi connectivity index (χ2v) is 5.82. The first-order valence-electron chi connectivity index (χ1n) is 7.21. The summed E-state index contributed by atoms with van der Waals surface area (Å²) >= 11 is 0. The van der Waals surface area contributed by atoms with Crippen molar-refractivity contribution in [2.75, 3.05) is 20.2 Å². The molecule has 0 aromatic rings. The van der Waals surface area contributed by atoms with Gasteiger partial charge in [-0.1, -0.05) is 26.7 Å². The van der Waals surface area contributed by atoms with Gasteiger partial charge in [-0.25, -0.2) is 9.59 Å². The van der Waals surface area contributed by atoms with Crippen LogP contribution in [0.4, 0.5) is 4.79 Å². The fourth-order valence-electron chi connectivity index (χ4n) is 3.26. The van der Waals surface area contributed by atoms with E-state index in [1.165, 1.54) is 20.0 Å². The van der Waals surface area contributed by atoms with Crippen LogP contribution in [0.1, 0.15) is 39.5 Å². The highest BCUT2D eigenvalue weighted by molar-refractivity contribution is 5.85. The fourth-order valence-corrected chi connectivity index (χ4v) is 3.26. The predicted molar refractivity (Wildman–Crippen MR) is 71.7 cm³/mol. The Labute approximate surface area is 114 Å². The quantitative estimate of drug-likeness (QED) is 0.731. The average Bonchev–Trinajstić information content (AvgIpc) is 2.99. The molecule has 1 saturated heterocycles. The van der Waals surface area contributed by atoms with E-state index < -0.39 is 6.04 Å².